The van der Waals surface area contributed by atoms with Crippen molar-refractivity contribution in [1.29, 1.82) is 0 Å². The Balaban J connectivity index is 1.80. The highest BCUT2D eigenvalue weighted by molar-refractivity contribution is 6.01. The third-order valence-electron chi connectivity index (χ3n) is 4.64. The van der Waals surface area contributed by atoms with E-state index in [1.165, 1.54) is 12.1 Å². The molecule has 0 saturated carbocycles. The van der Waals surface area contributed by atoms with Gasteiger partial charge in [-0.3, -0.25) is 0 Å². The van der Waals surface area contributed by atoms with E-state index in [0.717, 1.165) is 0 Å². The molecular formula is C19H17F2N3O3. The van der Waals surface area contributed by atoms with Gasteiger partial charge in [-0.05, 0) is 30.3 Å². The van der Waals surface area contributed by atoms with Gasteiger partial charge in [-0.2, -0.15) is 0 Å². The number of alkyl halides is 2. The molecule has 140 valence electrons. The fourth-order valence-corrected chi connectivity index (χ4v) is 3.30. The van der Waals surface area contributed by atoms with Crippen LogP contribution in [0.5, 0.6) is 0 Å². The molecule has 4 rings (SSSR count). The number of aromatic amines is 1. The molecule has 1 fully saturated rings. The van der Waals surface area contributed by atoms with Crippen LogP contribution in [0.1, 0.15) is 22.3 Å². The number of anilines is 1. The van der Waals surface area contributed by atoms with Crippen LogP contribution in [0.2, 0.25) is 0 Å². The molecule has 2 heterocycles. The molecule has 1 saturated heterocycles. The first-order valence-corrected chi connectivity index (χ1v) is 8.52. The van der Waals surface area contributed by atoms with E-state index >= 15 is 0 Å². The minimum Gasteiger partial charge on any atom is -0.478 e. The summed E-state index contributed by atoms with van der Waals surface area (Å²) >= 11 is 0. The van der Waals surface area contributed by atoms with Crippen LogP contribution in [0.4, 0.5) is 14.5 Å². The third-order valence-corrected chi connectivity index (χ3v) is 4.64. The number of para-hydroxylation sites is 1. The van der Waals surface area contributed by atoms with Gasteiger partial charge in [0.25, 0.3) is 6.43 Å². The van der Waals surface area contributed by atoms with Crippen LogP contribution in [0, 0.1) is 0 Å². The van der Waals surface area contributed by atoms with Gasteiger partial charge in [-0.1, -0.05) is 6.07 Å². The third kappa shape index (κ3) is 3.23. The van der Waals surface area contributed by atoms with E-state index in [0.29, 0.717) is 37.5 Å². The highest BCUT2D eigenvalue weighted by Crippen LogP contribution is 2.34. The first-order valence-electron chi connectivity index (χ1n) is 8.52. The maximum Gasteiger partial charge on any atom is 0.337 e. The summed E-state index contributed by atoms with van der Waals surface area (Å²) in [5.74, 6) is -0.891. The lowest BCUT2D eigenvalue weighted by molar-refractivity contribution is 0.0698. The molecule has 8 heteroatoms. The zero-order valence-electron chi connectivity index (χ0n) is 14.3. The van der Waals surface area contributed by atoms with E-state index < -0.39 is 12.4 Å². The normalized spacial score (nSPS) is 14.9. The number of halogens is 2. The van der Waals surface area contributed by atoms with Crippen molar-refractivity contribution < 1.29 is 23.4 Å². The van der Waals surface area contributed by atoms with Gasteiger partial charge in [0, 0.05) is 29.9 Å². The number of benzene rings is 2. The summed E-state index contributed by atoms with van der Waals surface area (Å²) in [6.45, 7) is 2.42. The van der Waals surface area contributed by atoms with Crippen LogP contribution in [0.15, 0.2) is 36.4 Å². The Kier molecular flexibility index (Phi) is 4.49. The zero-order valence-corrected chi connectivity index (χ0v) is 14.3. The van der Waals surface area contributed by atoms with Crippen LogP contribution < -0.4 is 4.90 Å². The summed E-state index contributed by atoms with van der Waals surface area (Å²) < 4.78 is 32.8. The average molecular weight is 373 g/mol. The molecule has 0 radical (unpaired) electrons. The Bertz CT molecular complexity index is 997. The van der Waals surface area contributed by atoms with Gasteiger partial charge in [-0.25, -0.2) is 18.6 Å². The van der Waals surface area contributed by atoms with Crippen molar-refractivity contribution in [2.24, 2.45) is 0 Å². The number of hydrogen-bond donors (Lipinski definition) is 2. The first kappa shape index (κ1) is 17.4. The fraction of sp³-hybridized carbons (Fsp3) is 0.263. The molecule has 1 aliphatic heterocycles. The van der Waals surface area contributed by atoms with Crippen molar-refractivity contribution in [1.82, 2.24) is 9.97 Å². The van der Waals surface area contributed by atoms with Crippen LogP contribution in [-0.4, -0.2) is 47.3 Å². The topological polar surface area (TPSA) is 78.5 Å². The minimum absolute atomic E-state index is 0.0264. The second-order valence-corrected chi connectivity index (χ2v) is 6.26. The Hall–Kier alpha value is -3.00. The van der Waals surface area contributed by atoms with Gasteiger partial charge < -0.3 is 19.7 Å². The Morgan fingerprint density at radius 1 is 1.22 bits per heavy atom. The molecule has 0 bridgehead atoms. The number of H-pyrrole nitrogens is 1. The molecule has 0 spiro atoms. The number of carboxylic acid groups (broad SMARTS) is 1. The van der Waals surface area contributed by atoms with Crippen molar-refractivity contribution in [3.63, 3.8) is 0 Å². The summed E-state index contributed by atoms with van der Waals surface area (Å²) in [6, 6.07) is 9.54. The number of morpholine rings is 1. The lowest BCUT2D eigenvalue weighted by atomic mass is 10.1. The Labute approximate surface area is 153 Å². The number of nitrogens with zero attached hydrogens (tertiary/aromatic N) is 2. The van der Waals surface area contributed by atoms with Crippen LogP contribution in [-0.2, 0) is 4.74 Å². The molecule has 1 aliphatic rings. The molecular weight excluding hydrogens is 356 g/mol. The van der Waals surface area contributed by atoms with E-state index in [1.54, 1.807) is 24.3 Å². The van der Waals surface area contributed by atoms with Gasteiger partial charge in [-0.15, -0.1) is 0 Å². The number of imidazole rings is 1. The number of rotatable bonds is 4. The van der Waals surface area contributed by atoms with Crippen LogP contribution >= 0.6 is 0 Å². The number of nitrogens with one attached hydrogen (secondary N) is 1. The second kappa shape index (κ2) is 6.96. The van der Waals surface area contributed by atoms with Crippen molar-refractivity contribution in [3.05, 3.63) is 47.5 Å². The number of carboxylic acids is 1. The fourth-order valence-electron chi connectivity index (χ4n) is 3.30. The summed E-state index contributed by atoms with van der Waals surface area (Å²) in [7, 11) is 0. The molecule has 0 atom stereocenters. The monoisotopic (exact) mass is 373 g/mol. The Morgan fingerprint density at radius 3 is 2.70 bits per heavy atom. The maximum absolute atomic E-state index is 13.7. The number of ether oxygens (including phenoxy) is 1. The molecule has 6 nitrogen and oxygen atoms in total. The minimum atomic E-state index is -2.69. The summed E-state index contributed by atoms with van der Waals surface area (Å²) in [5.41, 5.74) is 1.59. The highest BCUT2D eigenvalue weighted by Gasteiger charge is 2.21. The van der Waals surface area contributed by atoms with E-state index in [4.69, 9.17) is 4.74 Å². The van der Waals surface area contributed by atoms with E-state index in [-0.39, 0.29) is 28.0 Å². The first-order chi connectivity index (χ1) is 13.0. The van der Waals surface area contributed by atoms with Gasteiger partial charge in [0.1, 0.15) is 11.3 Å². The predicted octanol–water partition coefficient (Wildman–Crippen LogP) is 3.70. The highest BCUT2D eigenvalue weighted by atomic mass is 19.3. The van der Waals surface area contributed by atoms with Crippen LogP contribution in [0.3, 0.4) is 0 Å². The molecule has 2 aromatic carbocycles. The van der Waals surface area contributed by atoms with Gasteiger partial charge in [0.15, 0.2) is 0 Å². The summed E-state index contributed by atoms with van der Waals surface area (Å²) in [5, 5.41) is 9.30. The molecule has 0 amide bonds. The van der Waals surface area contributed by atoms with Gasteiger partial charge in [0.2, 0.25) is 0 Å². The van der Waals surface area contributed by atoms with E-state index in [2.05, 4.69) is 9.97 Å². The number of carbonyl (C=O) groups is 1. The maximum atomic E-state index is 13.7. The number of aromatic nitrogens is 2. The van der Waals surface area contributed by atoms with Crippen molar-refractivity contribution in [2.45, 2.75) is 6.43 Å². The molecule has 2 N–H and O–H groups in total. The Morgan fingerprint density at radius 2 is 2.00 bits per heavy atom. The predicted molar refractivity (Wildman–Crippen MR) is 96.5 cm³/mol. The molecule has 0 aliphatic carbocycles. The van der Waals surface area contributed by atoms with Crippen molar-refractivity contribution in [3.8, 4) is 11.4 Å². The van der Waals surface area contributed by atoms with Crippen molar-refractivity contribution >= 4 is 22.7 Å². The molecule has 1 aromatic heterocycles. The summed E-state index contributed by atoms with van der Waals surface area (Å²) in [6.07, 6.45) is -2.69. The number of fused-ring (bicyclic) bond motifs is 1. The number of hydrogen-bond acceptors (Lipinski definition) is 4. The molecule has 0 unspecified atom stereocenters. The van der Waals surface area contributed by atoms with E-state index in [1.807, 2.05) is 4.90 Å². The molecule has 27 heavy (non-hydrogen) atoms. The van der Waals surface area contributed by atoms with Gasteiger partial charge >= 0.3 is 5.97 Å². The smallest absolute Gasteiger partial charge is 0.337 e. The largest absolute Gasteiger partial charge is 0.478 e. The van der Waals surface area contributed by atoms with E-state index in [9.17, 15) is 18.7 Å². The van der Waals surface area contributed by atoms with Crippen molar-refractivity contribution in [2.75, 3.05) is 31.2 Å². The van der Waals surface area contributed by atoms with Gasteiger partial charge in [0.05, 0.1) is 24.3 Å². The number of aromatic carboxylic acids is 1. The SMILES string of the molecule is O=C(O)c1cccc2[nH]c(-c3ccc(N4CCOCC4)cc3C(F)F)nc12. The van der Waals surface area contributed by atoms with Crippen LogP contribution in [0.25, 0.3) is 22.4 Å². The molecule has 3 aromatic rings. The lowest BCUT2D eigenvalue weighted by Gasteiger charge is -2.29. The standard InChI is InChI=1S/C19H17F2N3O3/c20-17(21)14-10-11(24-6-8-27-9-7-24)4-5-12(14)18-22-15-3-1-2-13(19(25)26)16(15)23-18/h1-5,10,17H,6-9H2,(H,22,23)(H,25,26). The second-order valence-electron chi connectivity index (χ2n) is 6.26. The zero-order chi connectivity index (χ0) is 19.0. The summed E-state index contributed by atoms with van der Waals surface area (Å²) in [4.78, 5) is 20.6. The average Bonchev–Trinajstić information content (AvgIpc) is 3.12. The lowest BCUT2D eigenvalue weighted by Crippen LogP contribution is -2.36. The quantitative estimate of drug-likeness (QED) is 0.729.